The molecule has 1 aromatic carbocycles. The van der Waals surface area contributed by atoms with Crippen LogP contribution in [0.15, 0.2) is 24.3 Å². The summed E-state index contributed by atoms with van der Waals surface area (Å²) in [6.45, 7) is 4.97. The van der Waals surface area contributed by atoms with Gasteiger partial charge >= 0.3 is 0 Å². The van der Waals surface area contributed by atoms with Gasteiger partial charge in [0.25, 0.3) is 0 Å². The van der Waals surface area contributed by atoms with Crippen molar-refractivity contribution in [1.29, 1.82) is 0 Å². The van der Waals surface area contributed by atoms with Crippen molar-refractivity contribution in [1.82, 2.24) is 14.3 Å². The van der Waals surface area contributed by atoms with Crippen LogP contribution >= 0.6 is 36.3 Å². The molecule has 0 radical (unpaired) electrons. The summed E-state index contributed by atoms with van der Waals surface area (Å²) in [6, 6.07) is 7.48. The third-order valence-electron chi connectivity index (χ3n) is 3.75. The van der Waals surface area contributed by atoms with Crippen molar-refractivity contribution >= 4 is 53.1 Å². The van der Waals surface area contributed by atoms with Crippen LogP contribution in [0.4, 0.5) is 10.8 Å². The standard InChI is InChI=1S/C15H19N5OS.2ClH/c1-11-17-15(22-18-11)20-8-6-19(7-9-20)14(21)10-12-2-4-13(16)5-3-12;;/h2-5H,6-10,16H2,1H3;2*1H. The van der Waals surface area contributed by atoms with Gasteiger partial charge in [0.1, 0.15) is 5.82 Å². The number of hydrogen-bond acceptors (Lipinski definition) is 6. The average molecular weight is 390 g/mol. The van der Waals surface area contributed by atoms with E-state index in [2.05, 4.69) is 14.3 Å². The predicted octanol–water partition coefficient (Wildman–Crippen LogP) is 2.16. The van der Waals surface area contributed by atoms with Crippen LogP contribution in [0, 0.1) is 6.92 Å². The van der Waals surface area contributed by atoms with Crippen molar-refractivity contribution in [3.63, 3.8) is 0 Å². The average Bonchev–Trinajstić information content (AvgIpc) is 2.96. The molecule has 1 amide bonds. The number of nitrogens with zero attached hydrogens (tertiary/aromatic N) is 4. The first-order valence-corrected chi connectivity index (χ1v) is 8.06. The van der Waals surface area contributed by atoms with Crippen LogP contribution in [-0.4, -0.2) is 46.3 Å². The highest BCUT2D eigenvalue weighted by atomic mass is 35.5. The van der Waals surface area contributed by atoms with Gasteiger partial charge in [0.05, 0.1) is 6.42 Å². The summed E-state index contributed by atoms with van der Waals surface area (Å²) in [5, 5.41) is 0.947. The molecule has 24 heavy (non-hydrogen) atoms. The molecule has 0 unspecified atom stereocenters. The second-order valence-corrected chi connectivity index (χ2v) is 6.14. The Kier molecular flexibility index (Phi) is 7.72. The smallest absolute Gasteiger partial charge is 0.227 e. The number of piperazine rings is 1. The largest absolute Gasteiger partial charge is 0.399 e. The normalized spacial score (nSPS) is 13.9. The highest BCUT2D eigenvalue weighted by Gasteiger charge is 2.22. The highest BCUT2D eigenvalue weighted by molar-refractivity contribution is 7.09. The number of nitrogen functional groups attached to an aromatic ring is 1. The maximum absolute atomic E-state index is 12.4. The van der Waals surface area contributed by atoms with E-state index in [9.17, 15) is 4.79 Å². The number of aromatic nitrogens is 2. The van der Waals surface area contributed by atoms with Gasteiger partial charge in [-0.15, -0.1) is 24.8 Å². The number of hydrogen-bond donors (Lipinski definition) is 1. The first kappa shape index (κ1) is 20.5. The fraction of sp³-hybridized carbons (Fsp3) is 0.400. The zero-order chi connectivity index (χ0) is 15.5. The molecule has 1 fully saturated rings. The van der Waals surface area contributed by atoms with E-state index in [4.69, 9.17) is 5.73 Å². The Balaban J connectivity index is 0.00000144. The Morgan fingerprint density at radius 1 is 1.17 bits per heavy atom. The maximum Gasteiger partial charge on any atom is 0.227 e. The van der Waals surface area contributed by atoms with E-state index in [0.29, 0.717) is 6.42 Å². The van der Waals surface area contributed by atoms with Crippen LogP contribution in [0.3, 0.4) is 0 Å². The SMILES string of the molecule is Cc1nsc(N2CCN(C(=O)Cc3ccc(N)cc3)CC2)n1.Cl.Cl. The molecule has 9 heteroatoms. The number of carbonyl (C=O) groups excluding carboxylic acids is 1. The number of aryl methyl sites for hydroxylation is 1. The topological polar surface area (TPSA) is 75.4 Å². The fourth-order valence-corrected chi connectivity index (χ4v) is 3.21. The minimum absolute atomic E-state index is 0. The lowest BCUT2D eigenvalue weighted by atomic mass is 10.1. The summed E-state index contributed by atoms with van der Waals surface area (Å²) < 4.78 is 4.21. The molecule has 132 valence electrons. The number of halogens is 2. The highest BCUT2D eigenvalue weighted by Crippen LogP contribution is 2.19. The van der Waals surface area contributed by atoms with Crippen molar-refractivity contribution in [2.75, 3.05) is 36.8 Å². The molecule has 0 atom stereocenters. The number of nitrogens with two attached hydrogens (primary N) is 1. The Hall–Kier alpha value is -1.57. The maximum atomic E-state index is 12.4. The third kappa shape index (κ3) is 4.96. The molecule has 0 saturated carbocycles. The Labute approximate surface area is 158 Å². The molecule has 1 aliphatic heterocycles. The predicted molar refractivity (Wildman–Crippen MR) is 102 cm³/mol. The van der Waals surface area contributed by atoms with Crippen LogP contribution in [0.5, 0.6) is 0 Å². The van der Waals surface area contributed by atoms with Gasteiger partial charge in [0, 0.05) is 43.4 Å². The molecule has 2 N–H and O–H groups in total. The van der Waals surface area contributed by atoms with Gasteiger partial charge in [-0.1, -0.05) is 12.1 Å². The molecule has 1 aromatic heterocycles. The molecule has 0 bridgehead atoms. The number of amides is 1. The lowest BCUT2D eigenvalue weighted by Crippen LogP contribution is -2.49. The summed E-state index contributed by atoms with van der Waals surface area (Å²) in [7, 11) is 0. The number of carbonyl (C=O) groups is 1. The lowest BCUT2D eigenvalue weighted by Gasteiger charge is -2.34. The van der Waals surface area contributed by atoms with E-state index in [1.54, 1.807) is 0 Å². The summed E-state index contributed by atoms with van der Waals surface area (Å²) in [5.41, 5.74) is 7.38. The van der Waals surface area contributed by atoms with Gasteiger partial charge in [0.15, 0.2) is 0 Å². The molecule has 2 aromatic rings. The zero-order valence-corrected chi connectivity index (χ0v) is 15.8. The second kappa shape index (κ2) is 9.05. The van der Waals surface area contributed by atoms with Gasteiger partial charge in [-0.2, -0.15) is 4.37 Å². The molecule has 0 aliphatic carbocycles. The molecular weight excluding hydrogens is 369 g/mol. The van der Waals surface area contributed by atoms with Crippen LogP contribution in [0.1, 0.15) is 11.4 Å². The van der Waals surface area contributed by atoms with Gasteiger partial charge in [-0.05, 0) is 24.6 Å². The van der Waals surface area contributed by atoms with E-state index >= 15 is 0 Å². The molecular formula is C15H21Cl2N5OS. The van der Waals surface area contributed by atoms with Crippen molar-refractivity contribution in [2.24, 2.45) is 0 Å². The monoisotopic (exact) mass is 389 g/mol. The summed E-state index contributed by atoms with van der Waals surface area (Å²) in [6.07, 6.45) is 0.429. The first-order valence-electron chi connectivity index (χ1n) is 7.29. The van der Waals surface area contributed by atoms with Crippen LogP contribution < -0.4 is 10.6 Å². The molecule has 1 saturated heterocycles. The van der Waals surface area contributed by atoms with Crippen molar-refractivity contribution in [3.8, 4) is 0 Å². The van der Waals surface area contributed by atoms with E-state index in [1.807, 2.05) is 36.1 Å². The van der Waals surface area contributed by atoms with E-state index < -0.39 is 0 Å². The fourth-order valence-electron chi connectivity index (χ4n) is 2.48. The molecule has 1 aliphatic rings. The molecule has 2 heterocycles. The molecule has 6 nitrogen and oxygen atoms in total. The summed E-state index contributed by atoms with van der Waals surface area (Å²) >= 11 is 1.42. The Morgan fingerprint density at radius 2 is 1.79 bits per heavy atom. The van der Waals surface area contributed by atoms with E-state index in [-0.39, 0.29) is 30.7 Å². The van der Waals surface area contributed by atoms with Crippen molar-refractivity contribution in [2.45, 2.75) is 13.3 Å². The minimum atomic E-state index is 0. The number of benzene rings is 1. The van der Waals surface area contributed by atoms with E-state index in [1.165, 1.54) is 11.5 Å². The molecule has 3 rings (SSSR count). The van der Waals surface area contributed by atoms with E-state index in [0.717, 1.165) is 48.4 Å². The minimum Gasteiger partial charge on any atom is -0.399 e. The van der Waals surface area contributed by atoms with Crippen molar-refractivity contribution in [3.05, 3.63) is 35.7 Å². The Bertz CT molecular complexity index is 656. The molecule has 0 spiro atoms. The van der Waals surface area contributed by atoms with Gasteiger partial charge in [-0.25, -0.2) is 4.98 Å². The third-order valence-corrected chi connectivity index (χ3v) is 4.62. The zero-order valence-electron chi connectivity index (χ0n) is 13.3. The number of anilines is 2. The quantitative estimate of drug-likeness (QED) is 0.813. The van der Waals surface area contributed by atoms with Crippen LogP contribution in [0.2, 0.25) is 0 Å². The van der Waals surface area contributed by atoms with Crippen LogP contribution in [0.25, 0.3) is 0 Å². The first-order chi connectivity index (χ1) is 10.6. The van der Waals surface area contributed by atoms with Crippen molar-refractivity contribution < 1.29 is 4.79 Å². The summed E-state index contributed by atoms with van der Waals surface area (Å²) in [5.74, 6) is 0.972. The Morgan fingerprint density at radius 3 is 2.33 bits per heavy atom. The number of rotatable bonds is 3. The summed E-state index contributed by atoms with van der Waals surface area (Å²) in [4.78, 5) is 20.9. The second-order valence-electron chi connectivity index (χ2n) is 5.41. The lowest BCUT2D eigenvalue weighted by molar-refractivity contribution is -0.130. The van der Waals surface area contributed by atoms with Gasteiger partial charge < -0.3 is 15.5 Å². The van der Waals surface area contributed by atoms with Gasteiger partial charge in [0.2, 0.25) is 11.0 Å². The van der Waals surface area contributed by atoms with Gasteiger partial charge in [-0.3, -0.25) is 4.79 Å². The van der Waals surface area contributed by atoms with Crippen LogP contribution in [-0.2, 0) is 11.2 Å².